The maximum atomic E-state index is 11.8. The minimum atomic E-state index is -1.55. The number of hydrogen-bond acceptors (Lipinski definition) is 4. The Bertz CT molecular complexity index is 367. The molecule has 1 aromatic rings. The molecule has 18 heavy (non-hydrogen) atoms. The lowest BCUT2D eigenvalue weighted by Crippen LogP contribution is -2.36. The van der Waals surface area contributed by atoms with E-state index in [2.05, 4.69) is 0 Å². The largest absolute Gasteiger partial charge is 0.467 e. The van der Waals surface area contributed by atoms with E-state index in [1.165, 1.54) is 7.11 Å². The van der Waals surface area contributed by atoms with Crippen LogP contribution < -0.4 is 5.73 Å². The molecule has 100 valence electrons. The number of carbonyl (C=O) groups is 1. The maximum absolute atomic E-state index is 11.8. The Kier molecular flexibility index (Phi) is 5.82. The fourth-order valence-electron chi connectivity index (χ4n) is 1.95. The molecule has 0 aromatic heterocycles. The number of benzene rings is 1. The van der Waals surface area contributed by atoms with Crippen molar-refractivity contribution in [3.8, 4) is 0 Å². The first kappa shape index (κ1) is 14.7. The van der Waals surface area contributed by atoms with Gasteiger partial charge < -0.3 is 15.6 Å². The summed E-state index contributed by atoms with van der Waals surface area (Å²) in [4.78, 5) is 11.8. The third kappa shape index (κ3) is 3.55. The fraction of sp³-hybridized carbons (Fsp3) is 0.500. The lowest BCUT2D eigenvalue weighted by molar-refractivity contribution is -0.164. The van der Waals surface area contributed by atoms with Crippen LogP contribution in [0.5, 0.6) is 0 Å². The predicted octanol–water partition coefficient (Wildman–Crippen LogP) is 1.57. The van der Waals surface area contributed by atoms with Gasteiger partial charge in [-0.15, -0.1) is 0 Å². The first-order valence-electron chi connectivity index (χ1n) is 6.21. The quantitative estimate of drug-likeness (QED) is 0.570. The molecule has 0 saturated carbocycles. The summed E-state index contributed by atoms with van der Waals surface area (Å²) in [5.41, 5.74) is 4.44. The average molecular weight is 251 g/mol. The van der Waals surface area contributed by atoms with E-state index in [0.717, 1.165) is 19.3 Å². The van der Waals surface area contributed by atoms with Gasteiger partial charge in [-0.2, -0.15) is 0 Å². The third-order valence-electron chi connectivity index (χ3n) is 3.02. The van der Waals surface area contributed by atoms with Crippen molar-refractivity contribution in [3.63, 3.8) is 0 Å². The number of esters is 1. The summed E-state index contributed by atoms with van der Waals surface area (Å²) in [5, 5.41) is 10.5. The first-order valence-corrected chi connectivity index (χ1v) is 6.21. The van der Waals surface area contributed by atoms with E-state index < -0.39 is 11.6 Å². The van der Waals surface area contributed by atoms with Crippen LogP contribution in [0.25, 0.3) is 0 Å². The molecule has 1 aromatic carbocycles. The highest BCUT2D eigenvalue weighted by Crippen LogP contribution is 2.28. The molecule has 0 heterocycles. The monoisotopic (exact) mass is 251 g/mol. The van der Waals surface area contributed by atoms with Gasteiger partial charge >= 0.3 is 5.97 Å². The van der Waals surface area contributed by atoms with Crippen molar-refractivity contribution in [3.05, 3.63) is 35.9 Å². The minimum absolute atomic E-state index is 0.351. The second-order valence-electron chi connectivity index (χ2n) is 4.32. The standard InChI is InChI=1S/C14H21NO3/c1-18-13(16)14(17,10-6-3-7-11-15)12-8-4-2-5-9-12/h2,4-5,8-9,17H,3,6-7,10-11,15H2,1H3/t14-/m0/s1. The Morgan fingerprint density at radius 2 is 1.94 bits per heavy atom. The van der Waals surface area contributed by atoms with Gasteiger partial charge in [-0.25, -0.2) is 4.79 Å². The van der Waals surface area contributed by atoms with E-state index in [9.17, 15) is 9.90 Å². The van der Waals surface area contributed by atoms with Crippen molar-refractivity contribution in [2.75, 3.05) is 13.7 Å². The van der Waals surface area contributed by atoms with Crippen LogP contribution in [0.15, 0.2) is 30.3 Å². The molecule has 0 aliphatic carbocycles. The summed E-state index contributed by atoms with van der Waals surface area (Å²) in [6.07, 6.45) is 2.87. The number of hydrogen-bond donors (Lipinski definition) is 2. The second kappa shape index (κ2) is 7.13. The maximum Gasteiger partial charge on any atom is 0.342 e. The number of rotatable bonds is 7. The lowest BCUT2D eigenvalue weighted by Gasteiger charge is -2.25. The highest BCUT2D eigenvalue weighted by atomic mass is 16.5. The molecule has 0 unspecified atom stereocenters. The Morgan fingerprint density at radius 1 is 1.28 bits per heavy atom. The van der Waals surface area contributed by atoms with Gasteiger partial charge in [0.25, 0.3) is 0 Å². The molecular formula is C14H21NO3. The molecule has 4 heteroatoms. The highest BCUT2D eigenvalue weighted by Gasteiger charge is 2.38. The smallest absolute Gasteiger partial charge is 0.342 e. The molecule has 0 aliphatic rings. The van der Waals surface area contributed by atoms with Crippen LogP contribution in [-0.4, -0.2) is 24.7 Å². The number of nitrogens with two attached hydrogens (primary N) is 1. The molecular weight excluding hydrogens is 230 g/mol. The van der Waals surface area contributed by atoms with Crippen LogP contribution in [0.2, 0.25) is 0 Å². The van der Waals surface area contributed by atoms with E-state index in [1.54, 1.807) is 24.3 Å². The van der Waals surface area contributed by atoms with Crippen LogP contribution in [0, 0.1) is 0 Å². The number of aliphatic hydroxyl groups is 1. The molecule has 1 atom stereocenters. The molecule has 4 nitrogen and oxygen atoms in total. The summed E-state index contributed by atoms with van der Waals surface area (Å²) in [5.74, 6) is -0.610. The van der Waals surface area contributed by atoms with Gasteiger partial charge in [0.1, 0.15) is 0 Å². The summed E-state index contributed by atoms with van der Waals surface area (Å²) < 4.78 is 4.71. The SMILES string of the molecule is COC(=O)[C@](O)(CCCCCN)c1ccccc1. The molecule has 0 aliphatic heterocycles. The number of carbonyl (C=O) groups excluding carboxylic acids is 1. The van der Waals surface area contributed by atoms with Crippen LogP contribution >= 0.6 is 0 Å². The van der Waals surface area contributed by atoms with E-state index >= 15 is 0 Å². The number of unbranched alkanes of at least 4 members (excludes halogenated alkanes) is 2. The van der Waals surface area contributed by atoms with Gasteiger partial charge in [0.05, 0.1) is 7.11 Å². The van der Waals surface area contributed by atoms with Gasteiger partial charge in [-0.05, 0) is 31.4 Å². The van der Waals surface area contributed by atoms with Crippen molar-refractivity contribution in [2.45, 2.75) is 31.3 Å². The zero-order valence-electron chi connectivity index (χ0n) is 10.8. The van der Waals surface area contributed by atoms with Crippen molar-refractivity contribution in [1.29, 1.82) is 0 Å². The molecule has 3 N–H and O–H groups in total. The van der Waals surface area contributed by atoms with Gasteiger partial charge in [-0.1, -0.05) is 36.8 Å². The van der Waals surface area contributed by atoms with Crippen LogP contribution in [0.4, 0.5) is 0 Å². The summed E-state index contributed by atoms with van der Waals surface area (Å²) in [6, 6.07) is 8.90. The summed E-state index contributed by atoms with van der Waals surface area (Å²) in [7, 11) is 1.29. The third-order valence-corrected chi connectivity index (χ3v) is 3.02. The second-order valence-corrected chi connectivity index (χ2v) is 4.32. The number of methoxy groups -OCH3 is 1. The Labute approximate surface area is 108 Å². The molecule has 0 spiro atoms. The molecule has 0 amide bonds. The van der Waals surface area contributed by atoms with Crippen molar-refractivity contribution in [1.82, 2.24) is 0 Å². The molecule has 0 fully saturated rings. The van der Waals surface area contributed by atoms with Crippen LogP contribution in [0.3, 0.4) is 0 Å². The zero-order chi connectivity index (χ0) is 13.4. The summed E-state index contributed by atoms with van der Waals surface area (Å²) >= 11 is 0. The van der Waals surface area contributed by atoms with Crippen molar-refractivity contribution < 1.29 is 14.6 Å². The predicted molar refractivity (Wildman–Crippen MR) is 69.9 cm³/mol. The fourth-order valence-corrected chi connectivity index (χ4v) is 1.95. The van der Waals surface area contributed by atoms with Crippen LogP contribution in [0.1, 0.15) is 31.2 Å². The normalized spacial score (nSPS) is 13.9. The Balaban J connectivity index is 2.79. The van der Waals surface area contributed by atoms with Gasteiger partial charge in [0.15, 0.2) is 5.60 Å². The highest BCUT2D eigenvalue weighted by molar-refractivity contribution is 5.80. The minimum Gasteiger partial charge on any atom is -0.467 e. The lowest BCUT2D eigenvalue weighted by atomic mass is 9.88. The van der Waals surface area contributed by atoms with E-state index in [0.29, 0.717) is 18.5 Å². The topological polar surface area (TPSA) is 72.5 Å². The van der Waals surface area contributed by atoms with E-state index in [1.807, 2.05) is 6.07 Å². The number of ether oxygens (including phenoxy) is 1. The van der Waals surface area contributed by atoms with Gasteiger partial charge in [-0.3, -0.25) is 0 Å². The molecule has 1 rings (SSSR count). The van der Waals surface area contributed by atoms with Crippen molar-refractivity contribution >= 4 is 5.97 Å². The van der Waals surface area contributed by atoms with Crippen LogP contribution in [-0.2, 0) is 15.1 Å². The first-order chi connectivity index (χ1) is 8.65. The molecule has 0 bridgehead atoms. The van der Waals surface area contributed by atoms with Gasteiger partial charge in [0.2, 0.25) is 0 Å². The van der Waals surface area contributed by atoms with E-state index in [-0.39, 0.29) is 0 Å². The zero-order valence-corrected chi connectivity index (χ0v) is 10.8. The van der Waals surface area contributed by atoms with E-state index in [4.69, 9.17) is 10.5 Å². The van der Waals surface area contributed by atoms with Crippen molar-refractivity contribution in [2.24, 2.45) is 5.73 Å². The average Bonchev–Trinajstić information content (AvgIpc) is 2.43. The molecule has 0 saturated heterocycles. The molecule has 0 radical (unpaired) electrons. The van der Waals surface area contributed by atoms with Gasteiger partial charge in [0, 0.05) is 0 Å². The Morgan fingerprint density at radius 3 is 2.50 bits per heavy atom. The Hall–Kier alpha value is -1.39. The summed E-state index contributed by atoms with van der Waals surface area (Å²) in [6.45, 7) is 0.627.